The van der Waals surface area contributed by atoms with Gasteiger partial charge in [0, 0.05) is 19.1 Å². The van der Waals surface area contributed by atoms with Crippen molar-refractivity contribution in [1.29, 1.82) is 0 Å². The molecule has 0 radical (unpaired) electrons. The lowest BCUT2D eigenvalue weighted by Crippen LogP contribution is -2.34. The van der Waals surface area contributed by atoms with E-state index in [9.17, 15) is 9.59 Å². The van der Waals surface area contributed by atoms with Crippen molar-refractivity contribution in [2.45, 2.75) is 43.1 Å². The Labute approximate surface area is 174 Å². The molecule has 0 bridgehead atoms. The average Bonchev–Trinajstić information content (AvgIpc) is 3.58. The lowest BCUT2D eigenvalue weighted by Gasteiger charge is -2.25. The highest BCUT2D eigenvalue weighted by Crippen LogP contribution is 2.41. The molecule has 1 atom stereocenters. The van der Waals surface area contributed by atoms with Crippen molar-refractivity contribution in [3.05, 3.63) is 70.5 Å². The van der Waals surface area contributed by atoms with Crippen LogP contribution in [0.2, 0.25) is 0 Å². The monoisotopic (exact) mass is 407 g/mol. The van der Waals surface area contributed by atoms with Gasteiger partial charge in [-0.3, -0.25) is 14.2 Å². The highest BCUT2D eigenvalue weighted by atomic mass is 32.2. The van der Waals surface area contributed by atoms with Gasteiger partial charge in [-0.25, -0.2) is 4.98 Å². The van der Waals surface area contributed by atoms with Gasteiger partial charge in [-0.2, -0.15) is 0 Å². The number of carbonyl (C=O) groups excluding carboxylic acids is 1. The predicted octanol–water partition coefficient (Wildman–Crippen LogP) is 4.43. The smallest absolute Gasteiger partial charge is 0.262 e. The minimum absolute atomic E-state index is 0.0114. The second-order valence-electron chi connectivity index (χ2n) is 7.24. The number of benzene rings is 2. The molecule has 0 aliphatic heterocycles. The highest BCUT2D eigenvalue weighted by Gasteiger charge is 2.32. The van der Waals surface area contributed by atoms with E-state index in [4.69, 9.17) is 4.98 Å². The Morgan fingerprint density at radius 1 is 1.10 bits per heavy atom. The maximum Gasteiger partial charge on any atom is 0.262 e. The first-order valence-electron chi connectivity index (χ1n) is 10.2. The van der Waals surface area contributed by atoms with Crippen LogP contribution in [-0.2, 0) is 4.79 Å². The Bertz CT molecular complexity index is 1070. The number of fused-ring (bicyclic) bond motifs is 1. The van der Waals surface area contributed by atoms with Crippen LogP contribution in [0.25, 0.3) is 10.9 Å². The maximum absolute atomic E-state index is 13.3. The number of nitrogens with zero attached hydrogens (tertiary/aromatic N) is 3. The molecular weight excluding hydrogens is 382 g/mol. The molecule has 0 saturated heterocycles. The molecule has 2 aromatic carbocycles. The molecule has 5 nitrogen and oxygen atoms in total. The zero-order valence-electron chi connectivity index (χ0n) is 16.7. The first kappa shape index (κ1) is 19.7. The number of rotatable bonds is 7. The molecule has 3 aromatic rings. The molecular formula is C23H25N3O2S. The van der Waals surface area contributed by atoms with Crippen LogP contribution in [-0.4, -0.2) is 33.4 Å². The summed E-state index contributed by atoms with van der Waals surface area (Å²) in [7, 11) is 0. The molecule has 1 unspecified atom stereocenters. The number of para-hydroxylation sites is 1. The Morgan fingerprint density at radius 3 is 2.41 bits per heavy atom. The molecule has 1 aliphatic rings. The fourth-order valence-corrected chi connectivity index (χ4v) is 4.81. The zero-order chi connectivity index (χ0) is 20.4. The molecule has 1 saturated carbocycles. The van der Waals surface area contributed by atoms with Gasteiger partial charge >= 0.3 is 0 Å². The molecule has 1 heterocycles. The summed E-state index contributed by atoms with van der Waals surface area (Å²) in [5.74, 6) is 0.0518. The molecule has 1 amide bonds. The van der Waals surface area contributed by atoms with Gasteiger partial charge in [-0.05, 0) is 44.4 Å². The molecule has 0 N–H and O–H groups in total. The number of carbonyl (C=O) groups is 1. The number of thioether (sulfide) groups is 1. The third kappa shape index (κ3) is 3.94. The number of hydrogen-bond donors (Lipinski definition) is 0. The van der Waals surface area contributed by atoms with E-state index in [1.54, 1.807) is 4.57 Å². The molecule has 6 heteroatoms. The van der Waals surface area contributed by atoms with Gasteiger partial charge in [0.2, 0.25) is 5.91 Å². The van der Waals surface area contributed by atoms with Gasteiger partial charge in [-0.1, -0.05) is 54.2 Å². The maximum atomic E-state index is 13.3. The number of amides is 1. The van der Waals surface area contributed by atoms with Crippen molar-refractivity contribution in [3.63, 3.8) is 0 Å². The van der Waals surface area contributed by atoms with Crippen LogP contribution < -0.4 is 5.56 Å². The number of likely N-dealkylation sites (N-methyl/N-ethyl adjacent to an activating group) is 1. The SMILES string of the molecule is CCN(CC)C(=O)C(Sc1nc2ccccc2c(=O)n1C1CC1)c1ccccc1. The van der Waals surface area contributed by atoms with E-state index in [0.717, 1.165) is 18.4 Å². The van der Waals surface area contributed by atoms with Gasteiger partial charge in [0.25, 0.3) is 5.56 Å². The molecule has 29 heavy (non-hydrogen) atoms. The minimum atomic E-state index is -0.436. The molecule has 1 aromatic heterocycles. The molecule has 1 fully saturated rings. The fraction of sp³-hybridized carbons (Fsp3) is 0.348. The van der Waals surface area contributed by atoms with Crippen molar-refractivity contribution in [2.24, 2.45) is 0 Å². The Kier molecular flexibility index (Phi) is 5.72. The summed E-state index contributed by atoms with van der Waals surface area (Å²) in [6.45, 7) is 5.28. The second-order valence-corrected chi connectivity index (χ2v) is 8.31. The summed E-state index contributed by atoms with van der Waals surface area (Å²) in [6, 6.07) is 17.4. The summed E-state index contributed by atoms with van der Waals surface area (Å²) >= 11 is 1.39. The van der Waals surface area contributed by atoms with Crippen molar-refractivity contribution >= 4 is 28.6 Å². The lowest BCUT2D eigenvalue weighted by molar-refractivity contribution is -0.130. The largest absolute Gasteiger partial charge is 0.342 e. The lowest BCUT2D eigenvalue weighted by atomic mass is 10.1. The van der Waals surface area contributed by atoms with Crippen molar-refractivity contribution < 1.29 is 4.79 Å². The van der Waals surface area contributed by atoms with Crippen molar-refractivity contribution in [3.8, 4) is 0 Å². The third-order valence-corrected chi connectivity index (χ3v) is 6.52. The Morgan fingerprint density at radius 2 is 1.76 bits per heavy atom. The Balaban J connectivity index is 1.82. The standard InChI is InChI=1S/C23H25N3O2S/c1-3-25(4-2)22(28)20(16-10-6-5-7-11-16)29-23-24-19-13-9-8-12-18(19)21(27)26(23)17-14-15-17/h5-13,17,20H,3-4,14-15H2,1-2H3. The van der Waals surface area contributed by atoms with Crippen LogP contribution in [0, 0.1) is 0 Å². The molecule has 1 aliphatic carbocycles. The van der Waals surface area contributed by atoms with Crippen LogP contribution >= 0.6 is 11.8 Å². The van der Waals surface area contributed by atoms with E-state index in [1.165, 1.54) is 11.8 Å². The van der Waals surface area contributed by atoms with Crippen LogP contribution in [0.1, 0.15) is 43.5 Å². The molecule has 150 valence electrons. The fourth-order valence-electron chi connectivity index (χ4n) is 3.56. The number of aromatic nitrogens is 2. The Hall–Kier alpha value is -2.60. The van der Waals surface area contributed by atoms with Gasteiger partial charge in [0.15, 0.2) is 5.16 Å². The van der Waals surface area contributed by atoms with E-state index < -0.39 is 5.25 Å². The minimum Gasteiger partial charge on any atom is -0.342 e. The van der Waals surface area contributed by atoms with Gasteiger partial charge < -0.3 is 4.90 Å². The first-order valence-corrected chi connectivity index (χ1v) is 11.0. The molecule has 4 rings (SSSR count). The highest BCUT2D eigenvalue weighted by molar-refractivity contribution is 8.00. The van der Waals surface area contributed by atoms with E-state index >= 15 is 0 Å². The van der Waals surface area contributed by atoms with Crippen LogP contribution in [0.4, 0.5) is 0 Å². The van der Waals surface area contributed by atoms with Crippen LogP contribution in [0.3, 0.4) is 0 Å². The summed E-state index contributed by atoms with van der Waals surface area (Å²) in [6.07, 6.45) is 1.96. The average molecular weight is 408 g/mol. The molecule has 0 spiro atoms. The van der Waals surface area contributed by atoms with Gasteiger partial charge in [-0.15, -0.1) is 0 Å². The van der Waals surface area contributed by atoms with E-state index in [-0.39, 0.29) is 17.5 Å². The summed E-state index contributed by atoms with van der Waals surface area (Å²) in [5, 5.41) is 0.829. The predicted molar refractivity (Wildman–Crippen MR) is 117 cm³/mol. The van der Waals surface area contributed by atoms with Gasteiger partial charge in [0.05, 0.1) is 10.9 Å². The van der Waals surface area contributed by atoms with E-state index in [1.807, 2.05) is 73.3 Å². The van der Waals surface area contributed by atoms with Crippen molar-refractivity contribution in [2.75, 3.05) is 13.1 Å². The van der Waals surface area contributed by atoms with Gasteiger partial charge in [0.1, 0.15) is 5.25 Å². The summed E-state index contributed by atoms with van der Waals surface area (Å²) in [5.41, 5.74) is 1.60. The second kappa shape index (κ2) is 8.41. The van der Waals surface area contributed by atoms with E-state index in [2.05, 4.69) is 0 Å². The zero-order valence-corrected chi connectivity index (χ0v) is 17.6. The first-order chi connectivity index (χ1) is 14.1. The normalized spacial score (nSPS) is 14.7. The third-order valence-electron chi connectivity index (χ3n) is 5.31. The van der Waals surface area contributed by atoms with Crippen LogP contribution in [0.5, 0.6) is 0 Å². The topological polar surface area (TPSA) is 55.2 Å². The summed E-state index contributed by atoms with van der Waals surface area (Å²) in [4.78, 5) is 33.2. The quantitative estimate of drug-likeness (QED) is 0.429. The van der Waals surface area contributed by atoms with Crippen LogP contribution in [0.15, 0.2) is 64.5 Å². The summed E-state index contributed by atoms with van der Waals surface area (Å²) < 4.78 is 1.80. The van der Waals surface area contributed by atoms with Crippen molar-refractivity contribution in [1.82, 2.24) is 14.5 Å². The van der Waals surface area contributed by atoms with E-state index in [0.29, 0.717) is 29.1 Å². The number of hydrogen-bond acceptors (Lipinski definition) is 4.